The van der Waals surface area contributed by atoms with Crippen LogP contribution >= 0.6 is 0 Å². The first-order valence-corrected chi connectivity index (χ1v) is 9.49. The number of hydrogen-bond acceptors (Lipinski definition) is 3. The second-order valence-electron chi connectivity index (χ2n) is 7.59. The van der Waals surface area contributed by atoms with Crippen LogP contribution in [-0.2, 0) is 17.8 Å². The number of urea groups is 1. The normalized spacial score (nSPS) is 21.7. The number of ether oxygens (including phenoxy) is 1. The molecule has 5 heteroatoms. The fraction of sp³-hybridized carbons (Fsp3) is 0.650. The smallest absolute Gasteiger partial charge is 0.317 e. The Kier molecular flexibility index (Phi) is 6.32. The SMILES string of the molecule is CN(C)Cc1ccc(CNC(=O)N2CCC(C3CCCO3)CC2)cc1. The highest BCUT2D eigenvalue weighted by Crippen LogP contribution is 2.28. The minimum absolute atomic E-state index is 0.0585. The summed E-state index contributed by atoms with van der Waals surface area (Å²) >= 11 is 0. The molecule has 0 aromatic heterocycles. The molecule has 2 saturated heterocycles. The summed E-state index contributed by atoms with van der Waals surface area (Å²) in [5.41, 5.74) is 2.43. The van der Waals surface area contributed by atoms with Crippen molar-refractivity contribution in [1.82, 2.24) is 15.1 Å². The molecule has 1 aromatic carbocycles. The molecule has 3 rings (SSSR count). The van der Waals surface area contributed by atoms with E-state index in [2.05, 4.69) is 48.6 Å². The lowest BCUT2D eigenvalue weighted by Crippen LogP contribution is -2.45. The predicted octanol–water partition coefficient (Wildman–Crippen LogP) is 2.85. The van der Waals surface area contributed by atoms with Crippen molar-refractivity contribution >= 4 is 6.03 Å². The lowest BCUT2D eigenvalue weighted by molar-refractivity contribution is 0.0372. The van der Waals surface area contributed by atoms with Crippen LogP contribution in [0.1, 0.15) is 36.8 Å². The van der Waals surface area contributed by atoms with Gasteiger partial charge in [0.05, 0.1) is 6.10 Å². The highest BCUT2D eigenvalue weighted by Gasteiger charge is 2.30. The van der Waals surface area contributed by atoms with Gasteiger partial charge in [-0.05, 0) is 56.8 Å². The van der Waals surface area contributed by atoms with E-state index in [-0.39, 0.29) is 6.03 Å². The molecule has 1 atom stereocenters. The van der Waals surface area contributed by atoms with Crippen LogP contribution in [0.5, 0.6) is 0 Å². The maximum absolute atomic E-state index is 12.4. The van der Waals surface area contributed by atoms with E-state index in [1.54, 1.807) is 0 Å². The Morgan fingerprint density at radius 2 is 1.84 bits per heavy atom. The van der Waals surface area contributed by atoms with Gasteiger partial charge < -0.3 is 19.9 Å². The second kappa shape index (κ2) is 8.68. The first-order valence-electron chi connectivity index (χ1n) is 9.49. The van der Waals surface area contributed by atoms with Crippen molar-refractivity contribution in [3.05, 3.63) is 35.4 Å². The van der Waals surface area contributed by atoms with Gasteiger partial charge in [0.15, 0.2) is 0 Å². The predicted molar refractivity (Wildman–Crippen MR) is 99.3 cm³/mol. The van der Waals surface area contributed by atoms with E-state index in [9.17, 15) is 4.79 Å². The van der Waals surface area contributed by atoms with Crippen LogP contribution in [-0.4, -0.2) is 55.7 Å². The van der Waals surface area contributed by atoms with E-state index < -0.39 is 0 Å². The molecule has 2 aliphatic heterocycles. The molecule has 0 aliphatic carbocycles. The van der Waals surface area contributed by atoms with Gasteiger partial charge >= 0.3 is 6.03 Å². The van der Waals surface area contributed by atoms with Crippen LogP contribution in [0.2, 0.25) is 0 Å². The number of benzene rings is 1. The van der Waals surface area contributed by atoms with Crippen LogP contribution in [0.4, 0.5) is 4.79 Å². The zero-order valence-electron chi connectivity index (χ0n) is 15.5. The van der Waals surface area contributed by atoms with Crippen molar-refractivity contribution in [3.63, 3.8) is 0 Å². The third-order valence-corrected chi connectivity index (χ3v) is 5.28. The molecule has 0 bridgehead atoms. The number of carbonyl (C=O) groups is 1. The lowest BCUT2D eigenvalue weighted by Gasteiger charge is -2.34. The Hall–Kier alpha value is -1.59. The molecule has 0 radical (unpaired) electrons. The van der Waals surface area contributed by atoms with Gasteiger partial charge in [-0.15, -0.1) is 0 Å². The zero-order chi connectivity index (χ0) is 17.6. The molecule has 2 amide bonds. The summed E-state index contributed by atoms with van der Waals surface area (Å²) in [7, 11) is 4.13. The summed E-state index contributed by atoms with van der Waals surface area (Å²) < 4.78 is 5.80. The summed E-state index contributed by atoms with van der Waals surface area (Å²) in [6.45, 7) is 4.13. The van der Waals surface area contributed by atoms with Gasteiger partial charge in [-0.1, -0.05) is 24.3 Å². The van der Waals surface area contributed by atoms with Gasteiger partial charge in [0.2, 0.25) is 0 Å². The Balaban J connectivity index is 1.40. The van der Waals surface area contributed by atoms with Crippen molar-refractivity contribution in [2.75, 3.05) is 33.8 Å². The summed E-state index contributed by atoms with van der Waals surface area (Å²) in [5, 5.41) is 3.06. The number of nitrogens with one attached hydrogen (secondary N) is 1. The van der Waals surface area contributed by atoms with E-state index in [1.165, 1.54) is 18.4 Å². The summed E-state index contributed by atoms with van der Waals surface area (Å²) in [6, 6.07) is 8.53. The number of nitrogens with zero attached hydrogens (tertiary/aromatic N) is 2. The first kappa shape index (κ1) is 18.2. The monoisotopic (exact) mass is 345 g/mol. The van der Waals surface area contributed by atoms with Crippen molar-refractivity contribution in [2.45, 2.75) is 44.9 Å². The number of amides is 2. The van der Waals surface area contributed by atoms with Gasteiger partial charge in [0, 0.05) is 32.8 Å². The molecular weight excluding hydrogens is 314 g/mol. The second-order valence-corrected chi connectivity index (χ2v) is 7.59. The molecule has 2 aliphatic rings. The largest absolute Gasteiger partial charge is 0.378 e. The van der Waals surface area contributed by atoms with E-state index in [1.807, 2.05) is 4.90 Å². The molecule has 5 nitrogen and oxygen atoms in total. The first-order chi connectivity index (χ1) is 12.1. The summed E-state index contributed by atoms with van der Waals surface area (Å²) in [4.78, 5) is 16.5. The minimum Gasteiger partial charge on any atom is -0.378 e. The zero-order valence-corrected chi connectivity index (χ0v) is 15.5. The number of hydrogen-bond donors (Lipinski definition) is 1. The van der Waals surface area contributed by atoms with Gasteiger partial charge in [-0.25, -0.2) is 4.79 Å². The van der Waals surface area contributed by atoms with Gasteiger partial charge in [0.25, 0.3) is 0 Å². The van der Waals surface area contributed by atoms with Crippen LogP contribution in [0.3, 0.4) is 0 Å². The lowest BCUT2D eigenvalue weighted by atomic mass is 9.90. The number of carbonyl (C=O) groups excluding carboxylic acids is 1. The van der Waals surface area contributed by atoms with Crippen molar-refractivity contribution < 1.29 is 9.53 Å². The topological polar surface area (TPSA) is 44.8 Å². The average molecular weight is 345 g/mol. The maximum atomic E-state index is 12.4. The fourth-order valence-electron chi connectivity index (χ4n) is 3.87. The molecule has 2 heterocycles. The van der Waals surface area contributed by atoms with Crippen molar-refractivity contribution in [1.29, 1.82) is 0 Å². The molecular formula is C20H31N3O2. The number of rotatable bonds is 5. The van der Waals surface area contributed by atoms with Crippen LogP contribution < -0.4 is 5.32 Å². The molecule has 25 heavy (non-hydrogen) atoms. The summed E-state index contributed by atoms with van der Waals surface area (Å²) in [5.74, 6) is 0.635. The Bertz CT molecular complexity index is 545. The molecule has 2 fully saturated rings. The average Bonchev–Trinajstić information content (AvgIpc) is 3.15. The molecule has 138 valence electrons. The van der Waals surface area contributed by atoms with Gasteiger partial charge in [-0.2, -0.15) is 0 Å². The molecule has 1 N–H and O–H groups in total. The molecule has 0 saturated carbocycles. The van der Waals surface area contributed by atoms with Crippen LogP contribution in [0.15, 0.2) is 24.3 Å². The molecule has 1 aromatic rings. The van der Waals surface area contributed by atoms with Crippen molar-refractivity contribution in [2.24, 2.45) is 5.92 Å². The Labute approximate surface area is 151 Å². The fourth-order valence-corrected chi connectivity index (χ4v) is 3.87. The van der Waals surface area contributed by atoms with E-state index in [0.29, 0.717) is 18.6 Å². The Morgan fingerprint density at radius 1 is 1.16 bits per heavy atom. The standard InChI is InChI=1S/C20H31N3O2/c1-22(2)15-17-7-5-16(6-8-17)14-21-20(24)23-11-9-18(10-12-23)19-4-3-13-25-19/h5-8,18-19H,3-4,9-15H2,1-2H3,(H,21,24). The minimum atomic E-state index is 0.0585. The van der Waals surface area contributed by atoms with Crippen LogP contribution in [0, 0.1) is 5.92 Å². The summed E-state index contributed by atoms with van der Waals surface area (Å²) in [6.07, 6.45) is 4.96. The number of likely N-dealkylation sites (tertiary alicyclic amines) is 1. The maximum Gasteiger partial charge on any atom is 0.317 e. The molecule has 0 spiro atoms. The Morgan fingerprint density at radius 3 is 2.44 bits per heavy atom. The van der Waals surface area contributed by atoms with Gasteiger partial charge in [0.1, 0.15) is 0 Å². The third-order valence-electron chi connectivity index (χ3n) is 5.28. The van der Waals surface area contributed by atoms with Crippen molar-refractivity contribution in [3.8, 4) is 0 Å². The van der Waals surface area contributed by atoms with Crippen LogP contribution in [0.25, 0.3) is 0 Å². The highest BCUT2D eigenvalue weighted by molar-refractivity contribution is 5.74. The van der Waals surface area contributed by atoms with E-state index >= 15 is 0 Å². The quantitative estimate of drug-likeness (QED) is 0.892. The third kappa shape index (κ3) is 5.19. The van der Waals surface area contributed by atoms with E-state index in [4.69, 9.17) is 4.74 Å². The number of piperidine rings is 1. The molecule has 1 unspecified atom stereocenters. The highest BCUT2D eigenvalue weighted by atomic mass is 16.5. The van der Waals surface area contributed by atoms with E-state index in [0.717, 1.165) is 44.6 Å². The van der Waals surface area contributed by atoms with Gasteiger partial charge in [-0.3, -0.25) is 0 Å².